The minimum absolute atomic E-state index is 0.109. The molecule has 2 heterocycles. The Morgan fingerprint density at radius 2 is 2.00 bits per heavy atom. The van der Waals surface area contributed by atoms with E-state index in [1.54, 1.807) is 19.9 Å². The quantitative estimate of drug-likeness (QED) is 0.654. The van der Waals surface area contributed by atoms with Crippen molar-refractivity contribution in [2.24, 2.45) is 10.2 Å². The topological polar surface area (TPSA) is 91.0 Å². The minimum Gasteiger partial charge on any atom is -0.493 e. The molecule has 1 aromatic carbocycles. The van der Waals surface area contributed by atoms with Gasteiger partial charge in [0.2, 0.25) is 5.88 Å². The Bertz CT molecular complexity index is 948. The van der Waals surface area contributed by atoms with Crippen LogP contribution in [0.2, 0.25) is 0 Å². The first kappa shape index (κ1) is 16.0. The molecule has 2 aromatic heterocycles. The van der Waals surface area contributed by atoms with Gasteiger partial charge in [-0.3, -0.25) is 4.79 Å². The van der Waals surface area contributed by atoms with E-state index in [1.807, 2.05) is 18.2 Å². The highest BCUT2D eigenvalue weighted by Crippen LogP contribution is 2.37. The van der Waals surface area contributed by atoms with Gasteiger partial charge in [0.25, 0.3) is 5.91 Å². The van der Waals surface area contributed by atoms with Crippen molar-refractivity contribution < 1.29 is 14.3 Å². The van der Waals surface area contributed by atoms with E-state index in [9.17, 15) is 9.90 Å². The fraction of sp³-hybridized carbons (Fsp3) is 0.278. The molecular weight excluding hydrogens is 306 g/mol. The number of aromatic amines is 1. The maximum Gasteiger partial charge on any atom is 0.298 e. The van der Waals surface area contributed by atoms with Gasteiger partial charge in [0.05, 0.1) is 11.1 Å². The number of nitrogens with one attached hydrogen (secondary N) is 1. The number of furan rings is 1. The molecule has 0 spiro atoms. The fourth-order valence-electron chi connectivity index (χ4n) is 2.63. The Balaban J connectivity index is 1.99. The molecule has 0 unspecified atom stereocenters. The average Bonchev–Trinajstić information content (AvgIpc) is 3.02. The average molecular weight is 325 g/mol. The van der Waals surface area contributed by atoms with E-state index in [4.69, 9.17) is 4.42 Å². The second kappa shape index (κ2) is 5.96. The molecule has 124 valence electrons. The zero-order valence-corrected chi connectivity index (χ0v) is 14.0. The Hall–Kier alpha value is -2.89. The van der Waals surface area contributed by atoms with Gasteiger partial charge in [-0.15, -0.1) is 10.2 Å². The van der Waals surface area contributed by atoms with Crippen LogP contribution >= 0.6 is 0 Å². The molecule has 0 fully saturated rings. The van der Waals surface area contributed by atoms with Crippen molar-refractivity contribution >= 4 is 22.5 Å². The van der Waals surface area contributed by atoms with Gasteiger partial charge in [-0.05, 0) is 43.5 Å². The predicted molar refractivity (Wildman–Crippen MR) is 91.1 cm³/mol. The van der Waals surface area contributed by atoms with Crippen molar-refractivity contribution in [3.05, 3.63) is 46.9 Å². The van der Waals surface area contributed by atoms with Gasteiger partial charge in [-0.1, -0.05) is 19.9 Å². The number of aromatic hydroxyl groups is 1. The number of H-pyrrole nitrogens is 1. The van der Waals surface area contributed by atoms with Crippen LogP contribution in [0.25, 0.3) is 10.9 Å². The first-order valence-electron chi connectivity index (χ1n) is 7.74. The molecule has 6 heteroatoms. The number of amides is 1. The molecule has 3 aromatic rings. The lowest BCUT2D eigenvalue weighted by molar-refractivity contribution is 0.0993. The van der Waals surface area contributed by atoms with Gasteiger partial charge in [0, 0.05) is 5.39 Å². The van der Waals surface area contributed by atoms with Crippen LogP contribution in [-0.2, 0) is 0 Å². The first-order valence-corrected chi connectivity index (χ1v) is 7.74. The summed E-state index contributed by atoms with van der Waals surface area (Å²) >= 11 is 0. The van der Waals surface area contributed by atoms with Crippen LogP contribution in [0.15, 0.2) is 38.9 Å². The summed E-state index contributed by atoms with van der Waals surface area (Å²) < 4.78 is 5.33. The van der Waals surface area contributed by atoms with E-state index in [0.717, 1.165) is 16.5 Å². The van der Waals surface area contributed by atoms with Crippen molar-refractivity contribution in [2.75, 3.05) is 0 Å². The first-order chi connectivity index (χ1) is 11.4. The number of carbonyl (C=O) groups excluding carboxylic acids is 1. The number of hydrogen-bond acceptors (Lipinski definition) is 4. The van der Waals surface area contributed by atoms with Crippen LogP contribution < -0.4 is 0 Å². The Labute approximate surface area is 139 Å². The summed E-state index contributed by atoms with van der Waals surface area (Å²) in [6.07, 6.45) is 0. The van der Waals surface area contributed by atoms with Crippen molar-refractivity contribution in [2.45, 2.75) is 33.6 Å². The third-order valence-corrected chi connectivity index (χ3v) is 3.95. The van der Waals surface area contributed by atoms with E-state index in [-0.39, 0.29) is 11.6 Å². The molecule has 6 nitrogen and oxygen atoms in total. The molecule has 1 amide bonds. The van der Waals surface area contributed by atoms with Crippen molar-refractivity contribution in [1.29, 1.82) is 0 Å². The third-order valence-electron chi connectivity index (χ3n) is 3.95. The smallest absolute Gasteiger partial charge is 0.298 e. The SMILES string of the molecule is Cc1cc(C(=O)N=Nc2c(O)[nH]c3ccc(C(C)C)cc23)c(C)o1. The predicted octanol–water partition coefficient (Wildman–Crippen LogP) is 5.13. The molecule has 2 N–H and O–H groups in total. The van der Waals surface area contributed by atoms with Gasteiger partial charge in [0.1, 0.15) is 11.5 Å². The number of benzene rings is 1. The van der Waals surface area contributed by atoms with Crippen LogP contribution in [0.4, 0.5) is 5.69 Å². The minimum atomic E-state index is -0.502. The lowest BCUT2D eigenvalue weighted by Gasteiger charge is -2.04. The maximum atomic E-state index is 12.2. The zero-order chi connectivity index (χ0) is 17.4. The highest BCUT2D eigenvalue weighted by atomic mass is 16.3. The zero-order valence-electron chi connectivity index (χ0n) is 14.0. The highest BCUT2D eigenvalue weighted by Gasteiger charge is 2.15. The Morgan fingerprint density at radius 3 is 2.62 bits per heavy atom. The van der Waals surface area contributed by atoms with Crippen LogP contribution in [-0.4, -0.2) is 16.0 Å². The van der Waals surface area contributed by atoms with Crippen LogP contribution in [0.3, 0.4) is 0 Å². The number of rotatable bonds is 3. The summed E-state index contributed by atoms with van der Waals surface area (Å²) in [7, 11) is 0. The van der Waals surface area contributed by atoms with Crippen LogP contribution in [0.5, 0.6) is 5.88 Å². The van der Waals surface area contributed by atoms with E-state index in [1.165, 1.54) is 0 Å². The standard InChI is InChI=1S/C18H19N3O3/c1-9(2)12-5-6-15-14(8-12)16(18(23)19-15)20-21-17(22)13-7-10(3)24-11(13)4/h5-9,19,23H,1-4H3. The molecule has 0 aliphatic rings. The second-order valence-corrected chi connectivity index (χ2v) is 6.11. The number of fused-ring (bicyclic) bond motifs is 1. The van der Waals surface area contributed by atoms with Crippen molar-refractivity contribution in [1.82, 2.24) is 4.98 Å². The highest BCUT2D eigenvalue weighted by molar-refractivity contribution is 5.97. The number of nitrogens with zero attached hydrogens (tertiary/aromatic N) is 2. The van der Waals surface area contributed by atoms with Gasteiger partial charge in [-0.2, -0.15) is 0 Å². The molecule has 3 rings (SSSR count). The summed E-state index contributed by atoms with van der Waals surface area (Å²) in [5.41, 5.74) is 2.50. The molecule has 24 heavy (non-hydrogen) atoms. The number of hydrogen-bond donors (Lipinski definition) is 2. The Morgan fingerprint density at radius 1 is 1.25 bits per heavy atom. The molecule has 0 bridgehead atoms. The fourth-order valence-corrected chi connectivity index (χ4v) is 2.63. The van der Waals surface area contributed by atoms with E-state index in [2.05, 4.69) is 29.1 Å². The van der Waals surface area contributed by atoms with Crippen LogP contribution in [0, 0.1) is 13.8 Å². The van der Waals surface area contributed by atoms with Crippen molar-refractivity contribution in [3.8, 4) is 5.88 Å². The molecule has 0 saturated heterocycles. The summed E-state index contributed by atoms with van der Waals surface area (Å²) in [4.78, 5) is 15.0. The number of azo groups is 1. The number of aromatic nitrogens is 1. The second-order valence-electron chi connectivity index (χ2n) is 6.11. The van der Waals surface area contributed by atoms with Gasteiger partial charge >= 0.3 is 0 Å². The van der Waals surface area contributed by atoms with Gasteiger partial charge < -0.3 is 14.5 Å². The number of aryl methyl sites for hydroxylation is 2. The monoisotopic (exact) mass is 325 g/mol. The molecule has 0 saturated carbocycles. The summed E-state index contributed by atoms with van der Waals surface area (Å²) in [5, 5.41) is 18.5. The maximum absolute atomic E-state index is 12.2. The molecular formula is C18H19N3O3. The lowest BCUT2D eigenvalue weighted by atomic mass is 10.0. The van der Waals surface area contributed by atoms with E-state index >= 15 is 0 Å². The molecule has 0 aliphatic heterocycles. The summed E-state index contributed by atoms with van der Waals surface area (Å²) in [6.45, 7) is 7.64. The largest absolute Gasteiger partial charge is 0.493 e. The normalized spacial score (nSPS) is 11.9. The molecule has 0 atom stereocenters. The Kier molecular flexibility index (Phi) is 3.97. The lowest BCUT2D eigenvalue weighted by Crippen LogP contribution is -1.93. The molecule has 0 aliphatic carbocycles. The summed E-state index contributed by atoms with van der Waals surface area (Å²) in [5.74, 6) is 0.874. The van der Waals surface area contributed by atoms with Crippen molar-refractivity contribution in [3.63, 3.8) is 0 Å². The van der Waals surface area contributed by atoms with Crippen LogP contribution in [0.1, 0.15) is 47.2 Å². The van der Waals surface area contributed by atoms with Gasteiger partial charge in [-0.25, -0.2) is 0 Å². The van der Waals surface area contributed by atoms with E-state index in [0.29, 0.717) is 23.0 Å². The number of carbonyl (C=O) groups is 1. The third kappa shape index (κ3) is 2.82. The van der Waals surface area contributed by atoms with E-state index < -0.39 is 5.91 Å². The molecule has 0 radical (unpaired) electrons. The van der Waals surface area contributed by atoms with Gasteiger partial charge in [0.15, 0.2) is 5.69 Å². The summed E-state index contributed by atoms with van der Waals surface area (Å²) in [6, 6.07) is 7.45.